The maximum Gasteiger partial charge on any atom is 0.416 e. The van der Waals surface area contributed by atoms with Crippen molar-refractivity contribution in [2.24, 2.45) is 5.10 Å². The highest BCUT2D eigenvalue weighted by Crippen LogP contribution is 2.38. The summed E-state index contributed by atoms with van der Waals surface area (Å²) in [5, 5.41) is 11.3. The van der Waals surface area contributed by atoms with Crippen LogP contribution in [0.15, 0.2) is 17.2 Å². The summed E-state index contributed by atoms with van der Waals surface area (Å²) in [7, 11) is 1.03. The Morgan fingerprint density at radius 1 is 1.38 bits per heavy atom. The van der Waals surface area contributed by atoms with E-state index in [0.717, 1.165) is 7.11 Å². The lowest BCUT2D eigenvalue weighted by molar-refractivity contribution is -0.137. The van der Waals surface area contributed by atoms with Crippen LogP contribution in [0.3, 0.4) is 0 Å². The number of methoxy groups -OCH3 is 1. The van der Waals surface area contributed by atoms with Gasteiger partial charge in [-0.2, -0.15) is 23.5 Å². The van der Waals surface area contributed by atoms with Gasteiger partial charge in [-0.1, -0.05) is 23.2 Å². The highest BCUT2D eigenvalue weighted by Gasteiger charge is 2.32. The van der Waals surface area contributed by atoms with Crippen molar-refractivity contribution in [1.82, 2.24) is 0 Å². The molecule has 112 valence electrons. The second kappa shape index (κ2) is 6.65. The third kappa shape index (κ3) is 4.24. The van der Waals surface area contributed by atoms with Gasteiger partial charge in [0.25, 0.3) is 0 Å². The number of rotatable bonds is 3. The second-order valence-electron chi connectivity index (χ2n) is 3.49. The predicted octanol–water partition coefficient (Wildman–Crippen LogP) is 3.48. The van der Waals surface area contributed by atoms with Crippen LogP contribution in [0.2, 0.25) is 10.0 Å². The first-order chi connectivity index (χ1) is 9.70. The number of hydrogen-bond donors (Lipinski definition) is 1. The first kappa shape index (κ1) is 17.1. The molecule has 0 amide bonds. The molecule has 0 radical (unpaired) electrons. The molecule has 21 heavy (non-hydrogen) atoms. The Hall–Kier alpha value is -1.98. The van der Waals surface area contributed by atoms with Crippen molar-refractivity contribution < 1.29 is 22.7 Å². The number of nitrogens with zero attached hydrogens (tertiary/aromatic N) is 2. The molecule has 1 rings (SSSR count). The largest absolute Gasteiger partial charge is 0.464 e. The summed E-state index contributed by atoms with van der Waals surface area (Å²) < 4.78 is 41.9. The molecule has 5 nitrogen and oxygen atoms in total. The van der Waals surface area contributed by atoms with Gasteiger partial charge < -0.3 is 4.74 Å². The second-order valence-corrected chi connectivity index (χ2v) is 4.30. The third-order valence-electron chi connectivity index (χ3n) is 2.13. The number of alkyl halides is 3. The normalized spacial score (nSPS) is 11.8. The van der Waals surface area contributed by atoms with Crippen LogP contribution in [-0.2, 0) is 15.7 Å². The summed E-state index contributed by atoms with van der Waals surface area (Å²) in [5.41, 5.74) is 0.292. The molecule has 0 bridgehead atoms. The van der Waals surface area contributed by atoms with Crippen molar-refractivity contribution in [3.63, 3.8) is 0 Å². The molecule has 0 unspecified atom stereocenters. The number of hydrogen-bond acceptors (Lipinski definition) is 5. The zero-order valence-corrected chi connectivity index (χ0v) is 11.8. The van der Waals surface area contributed by atoms with Crippen LogP contribution < -0.4 is 5.43 Å². The molecule has 0 aliphatic rings. The van der Waals surface area contributed by atoms with Crippen molar-refractivity contribution in [3.05, 3.63) is 27.7 Å². The van der Waals surface area contributed by atoms with E-state index in [-0.39, 0.29) is 15.7 Å². The minimum absolute atomic E-state index is 0.178. The molecule has 0 fully saturated rings. The molecule has 1 N–H and O–H groups in total. The summed E-state index contributed by atoms with van der Waals surface area (Å²) >= 11 is 11.3. The van der Waals surface area contributed by atoms with Gasteiger partial charge in [0.15, 0.2) is 0 Å². The lowest BCUT2D eigenvalue weighted by Crippen LogP contribution is -2.15. The number of carbonyl (C=O) groups is 1. The molecule has 1 aromatic carbocycles. The molecular weight excluding hydrogens is 334 g/mol. The van der Waals surface area contributed by atoms with Crippen LogP contribution in [0.5, 0.6) is 0 Å². The van der Waals surface area contributed by atoms with E-state index in [0.29, 0.717) is 12.1 Å². The zero-order chi connectivity index (χ0) is 16.2. The van der Waals surface area contributed by atoms with E-state index in [1.807, 2.05) is 0 Å². The van der Waals surface area contributed by atoms with Crippen molar-refractivity contribution in [1.29, 1.82) is 5.26 Å². The molecule has 0 aromatic heterocycles. The number of ether oxygens (including phenoxy) is 1. The van der Waals surface area contributed by atoms with Crippen LogP contribution in [0, 0.1) is 11.3 Å². The molecule has 0 spiro atoms. The maximum atomic E-state index is 12.5. The zero-order valence-electron chi connectivity index (χ0n) is 10.3. The molecule has 0 heterocycles. The Bertz CT molecular complexity index is 616. The molecule has 0 saturated carbocycles. The quantitative estimate of drug-likeness (QED) is 0.519. The summed E-state index contributed by atoms with van der Waals surface area (Å²) in [5.74, 6) is -1.02. The number of halogens is 5. The predicted molar refractivity (Wildman–Crippen MR) is 70.2 cm³/mol. The number of esters is 1. The van der Waals surface area contributed by atoms with Gasteiger partial charge in [0.1, 0.15) is 6.07 Å². The topological polar surface area (TPSA) is 74.5 Å². The van der Waals surface area contributed by atoms with Crippen molar-refractivity contribution in [2.75, 3.05) is 12.5 Å². The third-order valence-corrected chi connectivity index (χ3v) is 2.73. The smallest absolute Gasteiger partial charge is 0.416 e. The number of carbonyl (C=O) groups excluding carboxylic acids is 1. The lowest BCUT2D eigenvalue weighted by atomic mass is 10.2. The fourth-order valence-corrected chi connectivity index (χ4v) is 1.74. The van der Waals surface area contributed by atoms with E-state index in [2.05, 4.69) is 15.3 Å². The molecular formula is C11H6Cl2F3N3O2. The Kier molecular flexibility index (Phi) is 5.41. The van der Waals surface area contributed by atoms with E-state index < -0.39 is 23.4 Å². The minimum Gasteiger partial charge on any atom is -0.464 e. The first-order valence-corrected chi connectivity index (χ1v) is 5.84. The van der Waals surface area contributed by atoms with Crippen LogP contribution >= 0.6 is 23.2 Å². The Morgan fingerprint density at radius 2 is 1.90 bits per heavy atom. The van der Waals surface area contributed by atoms with Crippen LogP contribution in [0.4, 0.5) is 18.9 Å². The molecule has 1 aromatic rings. The van der Waals surface area contributed by atoms with Crippen LogP contribution in [-0.4, -0.2) is 18.8 Å². The van der Waals surface area contributed by atoms with E-state index in [1.165, 1.54) is 6.07 Å². The first-order valence-electron chi connectivity index (χ1n) is 5.09. The van der Waals surface area contributed by atoms with Gasteiger partial charge >= 0.3 is 12.1 Å². The van der Waals surface area contributed by atoms with Gasteiger partial charge in [0, 0.05) is 0 Å². The summed E-state index contributed by atoms with van der Waals surface area (Å²) in [6, 6.07) is 2.71. The Morgan fingerprint density at radius 3 is 2.29 bits per heavy atom. The van der Waals surface area contributed by atoms with Gasteiger partial charge in [-0.05, 0) is 12.1 Å². The maximum absolute atomic E-state index is 12.5. The van der Waals surface area contributed by atoms with Crippen molar-refractivity contribution in [3.8, 4) is 6.07 Å². The summed E-state index contributed by atoms with van der Waals surface area (Å²) in [6.07, 6.45) is -4.61. The fraction of sp³-hybridized carbons (Fsp3) is 0.182. The fourth-order valence-electron chi connectivity index (χ4n) is 1.17. The van der Waals surface area contributed by atoms with E-state index in [1.54, 1.807) is 0 Å². The molecule has 0 aliphatic carbocycles. The van der Waals surface area contributed by atoms with E-state index in [9.17, 15) is 18.0 Å². The Balaban J connectivity index is 3.14. The van der Waals surface area contributed by atoms with E-state index in [4.69, 9.17) is 28.5 Å². The number of nitrogens with one attached hydrogen (secondary N) is 1. The summed E-state index contributed by atoms with van der Waals surface area (Å²) in [6.45, 7) is 0. The van der Waals surface area contributed by atoms with Gasteiger partial charge in [0.2, 0.25) is 5.71 Å². The van der Waals surface area contributed by atoms with Crippen LogP contribution in [0.25, 0.3) is 0 Å². The number of nitriles is 1. The minimum atomic E-state index is -4.61. The molecule has 0 aliphatic heterocycles. The van der Waals surface area contributed by atoms with Gasteiger partial charge in [-0.15, -0.1) is 0 Å². The average molecular weight is 340 g/mol. The molecule has 10 heteroatoms. The number of benzene rings is 1. The molecule has 0 atom stereocenters. The molecule has 0 saturated heterocycles. The highest BCUT2D eigenvalue weighted by molar-refractivity contribution is 6.43. The van der Waals surface area contributed by atoms with Crippen molar-refractivity contribution in [2.45, 2.75) is 6.18 Å². The SMILES string of the molecule is COC(=O)/C(C#N)=N\Nc1c(Cl)cc(C(F)(F)F)cc1Cl. The van der Waals surface area contributed by atoms with Crippen molar-refractivity contribution >= 4 is 40.6 Å². The number of hydrazone groups is 1. The lowest BCUT2D eigenvalue weighted by Gasteiger charge is -2.11. The standard InChI is InChI=1S/C11H6Cl2F3N3O2/c1-21-10(20)8(4-17)18-19-9-6(12)2-5(3-7(9)13)11(14,15)16/h2-3,19H,1H3/b18-8-. The number of anilines is 1. The van der Waals surface area contributed by atoms with Gasteiger partial charge in [-0.3, -0.25) is 5.43 Å². The summed E-state index contributed by atoms with van der Waals surface area (Å²) in [4.78, 5) is 11.1. The average Bonchev–Trinajstić information content (AvgIpc) is 2.40. The van der Waals surface area contributed by atoms with Gasteiger partial charge in [0.05, 0.1) is 28.4 Å². The Labute approximate surface area is 126 Å². The highest BCUT2D eigenvalue weighted by atomic mass is 35.5. The van der Waals surface area contributed by atoms with E-state index >= 15 is 0 Å². The monoisotopic (exact) mass is 339 g/mol. The van der Waals surface area contributed by atoms with Gasteiger partial charge in [-0.25, -0.2) is 4.79 Å². The van der Waals surface area contributed by atoms with Crippen LogP contribution in [0.1, 0.15) is 5.56 Å².